The quantitative estimate of drug-likeness (QED) is 0.451. The van der Waals surface area contributed by atoms with Crippen molar-refractivity contribution in [3.8, 4) is 0 Å². The second kappa shape index (κ2) is 8.14. The summed E-state index contributed by atoms with van der Waals surface area (Å²) in [6.45, 7) is 6.98. The molecule has 0 heterocycles. The molecule has 1 aromatic rings. The van der Waals surface area contributed by atoms with Crippen LogP contribution in [0.1, 0.15) is 25.3 Å². The van der Waals surface area contributed by atoms with Crippen molar-refractivity contribution in [2.24, 2.45) is 4.99 Å². The van der Waals surface area contributed by atoms with Gasteiger partial charge in [0.05, 0.1) is 0 Å². The third-order valence-electron chi connectivity index (χ3n) is 4.32. The van der Waals surface area contributed by atoms with Crippen molar-refractivity contribution in [1.29, 1.82) is 0 Å². The molecule has 0 bridgehead atoms. The topological polar surface area (TPSA) is 56.7 Å². The predicted molar refractivity (Wildman–Crippen MR) is 99.1 cm³/mol. The fourth-order valence-corrected chi connectivity index (χ4v) is 2.53. The van der Waals surface area contributed by atoms with Crippen LogP contribution in [0.25, 0.3) is 0 Å². The zero-order valence-corrected chi connectivity index (χ0v) is 15.2. The third-order valence-corrected chi connectivity index (χ3v) is 4.32. The number of likely N-dealkylation sites (N-methyl/N-ethyl adjacent to an activating group) is 1. The second-order valence-corrected chi connectivity index (χ2v) is 6.88. The highest BCUT2D eigenvalue weighted by molar-refractivity contribution is 5.85. The number of aliphatic imine (C=N–C) groups is 1. The van der Waals surface area contributed by atoms with Crippen LogP contribution < -0.4 is 10.6 Å². The molecule has 1 saturated carbocycles. The molecule has 1 amide bonds. The summed E-state index contributed by atoms with van der Waals surface area (Å²) >= 11 is 0. The summed E-state index contributed by atoms with van der Waals surface area (Å²) < 4.78 is 14.1. The molecule has 0 aromatic heterocycles. The largest absolute Gasteiger partial charge is 0.355 e. The van der Waals surface area contributed by atoms with Crippen LogP contribution in [0, 0.1) is 5.82 Å². The number of hydrogen-bond acceptors (Lipinski definition) is 2. The number of hydrogen-bond donors (Lipinski definition) is 2. The fraction of sp³-hybridized carbons (Fsp3) is 0.474. The predicted octanol–water partition coefficient (Wildman–Crippen LogP) is 2.06. The summed E-state index contributed by atoms with van der Waals surface area (Å²) in [5.41, 5.74) is 1.51. The number of halogens is 1. The minimum absolute atomic E-state index is 0.0607. The SMILES string of the molecule is C=C(C)CNC(=NCC(=O)N(C)C)NCC1(c2ccccc2F)CC1. The number of nitrogens with zero attached hydrogens (tertiary/aromatic N) is 2. The first-order valence-corrected chi connectivity index (χ1v) is 8.46. The Morgan fingerprint density at radius 2 is 2.00 bits per heavy atom. The average molecular weight is 346 g/mol. The molecule has 0 atom stereocenters. The molecule has 0 unspecified atom stereocenters. The Labute approximate surface area is 149 Å². The van der Waals surface area contributed by atoms with Crippen LogP contribution in [0.3, 0.4) is 0 Å². The minimum atomic E-state index is -0.192. The molecule has 2 rings (SSSR count). The van der Waals surface area contributed by atoms with E-state index in [2.05, 4.69) is 22.2 Å². The zero-order chi connectivity index (χ0) is 18.4. The van der Waals surface area contributed by atoms with Crippen LogP contribution in [-0.2, 0) is 10.2 Å². The molecule has 136 valence electrons. The molecule has 0 radical (unpaired) electrons. The number of carbonyl (C=O) groups excluding carboxylic acids is 1. The van der Waals surface area contributed by atoms with Gasteiger partial charge in [-0.05, 0) is 31.4 Å². The lowest BCUT2D eigenvalue weighted by molar-refractivity contribution is -0.127. The highest BCUT2D eigenvalue weighted by Gasteiger charge is 2.45. The van der Waals surface area contributed by atoms with Gasteiger partial charge in [-0.1, -0.05) is 30.4 Å². The van der Waals surface area contributed by atoms with Crippen molar-refractivity contribution in [3.63, 3.8) is 0 Å². The lowest BCUT2D eigenvalue weighted by Crippen LogP contribution is -2.42. The number of nitrogens with one attached hydrogen (secondary N) is 2. The Kier molecular flexibility index (Phi) is 6.17. The first kappa shape index (κ1) is 19.0. The normalized spacial score (nSPS) is 15.4. The number of amides is 1. The molecule has 0 spiro atoms. The van der Waals surface area contributed by atoms with E-state index >= 15 is 0 Å². The average Bonchev–Trinajstić information content (AvgIpc) is 3.34. The van der Waals surface area contributed by atoms with Crippen LogP contribution >= 0.6 is 0 Å². The summed E-state index contributed by atoms with van der Waals surface area (Å²) in [6.07, 6.45) is 1.87. The van der Waals surface area contributed by atoms with Crippen molar-refractivity contribution in [3.05, 3.63) is 47.8 Å². The molecule has 1 aliphatic rings. The van der Waals surface area contributed by atoms with Crippen molar-refractivity contribution in [2.45, 2.75) is 25.2 Å². The fourth-order valence-electron chi connectivity index (χ4n) is 2.53. The van der Waals surface area contributed by atoms with Crippen LogP contribution in [-0.4, -0.2) is 50.5 Å². The van der Waals surface area contributed by atoms with Gasteiger partial charge in [-0.2, -0.15) is 0 Å². The maximum absolute atomic E-state index is 14.1. The van der Waals surface area contributed by atoms with E-state index in [-0.39, 0.29) is 23.7 Å². The van der Waals surface area contributed by atoms with Gasteiger partial charge in [0.2, 0.25) is 5.91 Å². The van der Waals surface area contributed by atoms with E-state index in [0.717, 1.165) is 24.0 Å². The molecular formula is C19H27FN4O. The Balaban J connectivity index is 2.03. The van der Waals surface area contributed by atoms with Crippen LogP contribution in [0.4, 0.5) is 4.39 Å². The highest BCUT2D eigenvalue weighted by Crippen LogP contribution is 2.48. The maximum atomic E-state index is 14.1. The monoisotopic (exact) mass is 346 g/mol. The maximum Gasteiger partial charge on any atom is 0.243 e. The van der Waals surface area contributed by atoms with Crippen LogP contribution in [0.2, 0.25) is 0 Å². The molecule has 6 heteroatoms. The number of carbonyl (C=O) groups is 1. The highest BCUT2D eigenvalue weighted by atomic mass is 19.1. The molecule has 5 nitrogen and oxygen atoms in total. The Hall–Kier alpha value is -2.37. The summed E-state index contributed by atoms with van der Waals surface area (Å²) in [4.78, 5) is 17.6. The van der Waals surface area contributed by atoms with E-state index in [9.17, 15) is 9.18 Å². The van der Waals surface area contributed by atoms with Crippen molar-refractivity contribution < 1.29 is 9.18 Å². The third kappa shape index (κ3) is 5.31. The molecule has 1 aromatic carbocycles. The van der Waals surface area contributed by atoms with Crippen molar-refractivity contribution in [2.75, 3.05) is 33.7 Å². The van der Waals surface area contributed by atoms with Gasteiger partial charge < -0.3 is 15.5 Å². The number of benzene rings is 1. The van der Waals surface area contributed by atoms with Gasteiger partial charge in [0, 0.05) is 32.6 Å². The molecule has 1 aliphatic carbocycles. The molecule has 2 N–H and O–H groups in total. The minimum Gasteiger partial charge on any atom is -0.355 e. The van der Waals surface area contributed by atoms with E-state index in [1.165, 1.54) is 11.0 Å². The lowest BCUT2D eigenvalue weighted by Gasteiger charge is -2.20. The second-order valence-electron chi connectivity index (χ2n) is 6.88. The lowest BCUT2D eigenvalue weighted by atomic mass is 9.95. The van der Waals surface area contributed by atoms with Gasteiger partial charge in [-0.15, -0.1) is 0 Å². The first-order valence-electron chi connectivity index (χ1n) is 8.46. The van der Waals surface area contributed by atoms with Gasteiger partial charge in [0.15, 0.2) is 5.96 Å². The van der Waals surface area contributed by atoms with Gasteiger partial charge in [-0.25, -0.2) is 9.38 Å². The zero-order valence-electron chi connectivity index (χ0n) is 15.2. The Morgan fingerprint density at radius 1 is 1.32 bits per heavy atom. The van der Waals surface area contributed by atoms with Crippen LogP contribution in [0.5, 0.6) is 0 Å². The molecule has 25 heavy (non-hydrogen) atoms. The van der Waals surface area contributed by atoms with Gasteiger partial charge in [0.1, 0.15) is 12.4 Å². The first-order chi connectivity index (χ1) is 11.8. The summed E-state index contributed by atoms with van der Waals surface area (Å²) in [5, 5.41) is 6.41. The van der Waals surface area contributed by atoms with Gasteiger partial charge in [-0.3, -0.25) is 4.79 Å². The molecule has 1 fully saturated rings. The summed E-state index contributed by atoms with van der Waals surface area (Å²) in [7, 11) is 3.40. The van der Waals surface area contributed by atoms with Crippen LogP contribution in [0.15, 0.2) is 41.4 Å². The summed E-state index contributed by atoms with van der Waals surface area (Å²) in [6, 6.07) is 6.91. The standard InChI is InChI=1S/C19H27FN4O/c1-14(2)11-21-18(22-12-17(25)24(3)4)23-13-19(9-10-19)15-7-5-6-8-16(15)20/h5-8H,1,9-13H2,2-4H3,(H2,21,22,23). The van der Waals surface area contributed by atoms with E-state index in [1.54, 1.807) is 20.2 Å². The summed E-state index contributed by atoms with van der Waals surface area (Å²) in [5.74, 6) is 0.297. The molecule has 0 aliphatic heterocycles. The van der Waals surface area contributed by atoms with Gasteiger partial charge in [0.25, 0.3) is 0 Å². The number of guanidine groups is 1. The van der Waals surface area contributed by atoms with E-state index in [1.807, 2.05) is 19.1 Å². The van der Waals surface area contributed by atoms with E-state index < -0.39 is 0 Å². The Morgan fingerprint density at radius 3 is 2.56 bits per heavy atom. The van der Waals surface area contributed by atoms with E-state index in [4.69, 9.17) is 0 Å². The molecular weight excluding hydrogens is 319 g/mol. The van der Waals surface area contributed by atoms with Gasteiger partial charge >= 0.3 is 0 Å². The Bertz CT molecular complexity index is 665. The van der Waals surface area contributed by atoms with Crippen molar-refractivity contribution >= 4 is 11.9 Å². The smallest absolute Gasteiger partial charge is 0.243 e. The van der Waals surface area contributed by atoms with Crippen molar-refractivity contribution in [1.82, 2.24) is 15.5 Å². The van der Waals surface area contributed by atoms with E-state index in [0.29, 0.717) is 19.0 Å². The molecule has 0 saturated heterocycles. The number of rotatable bonds is 7.